The van der Waals surface area contributed by atoms with Gasteiger partial charge in [-0.05, 0) is 5.92 Å². The van der Waals surface area contributed by atoms with Crippen molar-refractivity contribution < 1.29 is 27.8 Å². The summed E-state index contributed by atoms with van der Waals surface area (Å²) in [5.41, 5.74) is -3.35. The zero-order valence-corrected chi connectivity index (χ0v) is 15.8. The molecule has 1 saturated heterocycles. The van der Waals surface area contributed by atoms with Crippen LogP contribution in [-0.2, 0) is 22.2 Å². The Hall–Kier alpha value is -1.65. The molecule has 1 aromatic heterocycles. The first-order valence-electron chi connectivity index (χ1n) is 8.90. The molecule has 2 unspecified atom stereocenters. The number of morpholine rings is 1. The molecule has 0 bridgehead atoms. The second-order valence-corrected chi connectivity index (χ2v) is 7.35. The third-order valence-electron chi connectivity index (χ3n) is 4.45. The highest BCUT2D eigenvalue weighted by atomic mass is 19.4. The Bertz CT molecular complexity index is 635. The Morgan fingerprint density at radius 2 is 2.19 bits per heavy atom. The molecule has 10 heteroatoms. The van der Waals surface area contributed by atoms with E-state index >= 15 is 0 Å². The van der Waals surface area contributed by atoms with Gasteiger partial charge in [-0.15, -0.1) is 0 Å². The number of carbonyl (C=O) groups excluding carboxylic acids is 1. The molecule has 0 aliphatic carbocycles. The number of halogens is 3. The topological polar surface area (TPSA) is 79.6 Å². The number of amides is 1. The molecule has 1 fully saturated rings. The SMILES string of the molecule is CC(C)CN1CCOC(CNC(=O)CC(O)(c2nccn2C)C(F)(F)F)C1. The van der Waals surface area contributed by atoms with Crippen molar-refractivity contribution in [2.45, 2.75) is 38.1 Å². The van der Waals surface area contributed by atoms with Crippen molar-refractivity contribution in [3.8, 4) is 0 Å². The highest BCUT2D eigenvalue weighted by molar-refractivity contribution is 5.77. The van der Waals surface area contributed by atoms with Crippen LogP contribution in [0.1, 0.15) is 26.1 Å². The summed E-state index contributed by atoms with van der Waals surface area (Å²) < 4.78 is 47.0. The molecule has 1 aliphatic rings. The Morgan fingerprint density at radius 3 is 2.74 bits per heavy atom. The van der Waals surface area contributed by atoms with E-state index in [1.54, 1.807) is 0 Å². The second-order valence-electron chi connectivity index (χ2n) is 7.35. The van der Waals surface area contributed by atoms with Gasteiger partial charge in [-0.2, -0.15) is 13.2 Å². The van der Waals surface area contributed by atoms with Crippen LogP contribution in [0.2, 0.25) is 0 Å². The van der Waals surface area contributed by atoms with Gasteiger partial charge in [0.2, 0.25) is 11.5 Å². The minimum Gasteiger partial charge on any atom is -0.374 e. The molecular formula is C17H27F3N4O3. The molecule has 0 aromatic carbocycles. The van der Waals surface area contributed by atoms with Gasteiger partial charge >= 0.3 is 6.18 Å². The van der Waals surface area contributed by atoms with E-state index in [0.717, 1.165) is 23.9 Å². The van der Waals surface area contributed by atoms with Crippen LogP contribution >= 0.6 is 0 Å². The Morgan fingerprint density at radius 1 is 1.48 bits per heavy atom. The number of aryl methyl sites for hydroxylation is 1. The third-order valence-corrected chi connectivity index (χ3v) is 4.45. The van der Waals surface area contributed by atoms with Gasteiger partial charge < -0.3 is 19.7 Å². The number of nitrogens with zero attached hydrogens (tertiary/aromatic N) is 3. The van der Waals surface area contributed by atoms with Gasteiger partial charge in [-0.3, -0.25) is 9.69 Å². The van der Waals surface area contributed by atoms with Crippen LogP contribution in [0.25, 0.3) is 0 Å². The highest BCUT2D eigenvalue weighted by Gasteiger charge is 2.58. The van der Waals surface area contributed by atoms with Gasteiger partial charge in [-0.25, -0.2) is 4.98 Å². The van der Waals surface area contributed by atoms with Crippen molar-refractivity contribution in [2.24, 2.45) is 13.0 Å². The number of aliphatic hydroxyl groups is 1. The number of ether oxygens (including phenoxy) is 1. The fourth-order valence-electron chi connectivity index (χ4n) is 3.18. The number of hydrogen-bond acceptors (Lipinski definition) is 5. The normalized spacial score (nSPS) is 21.3. The second kappa shape index (κ2) is 8.57. The summed E-state index contributed by atoms with van der Waals surface area (Å²) in [6.45, 7) is 7.07. The molecule has 0 spiro atoms. The summed E-state index contributed by atoms with van der Waals surface area (Å²) in [4.78, 5) is 17.9. The quantitative estimate of drug-likeness (QED) is 0.725. The third kappa shape index (κ3) is 5.43. The van der Waals surface area contributed by atoms with E-state index in [2.05, 4.69) is 29.0 Å². The molecule has 1 aromatic rings. The summed E-state index contributed by atoms with van der Waals surface area (Å²) in [5, 5.41) is 12.7. The van der Waals surface area contributed by atoms with Crippen LogP contribution in [0, 0.1) is 5.92 Å². The maximum atomic E-state index is 13.5. The summed E-state index contributed by atoms with van der Waals surface area (Å²) >= 11 is 0. The van der Waals surface area contributed by atoms with E-state index in [4.69, 9.17) is 4.74 Å². The van der Waals surface area contributed by atoms with Gasteiger partial charge in [0.05, 0.1) is 19.1 Å². The van der Waals surface area contributed by atoms with Gasteiger partial charge in [0.15, 0.2) is 5.82 Å². The predicted molar refractivity (Wildman–Crippen MR) is 91.8 cm³/mol. The standard InChI is InChI=1S/C17H27F3N4O3/c1-12(2)10-24-6-7-27-13(11-24)9-22-14(25)8-16(26,17(18,19)20)15-21-4-5-23(15)3/h4-5,12-13,26H,6-11H2,1-3H3,(H,22,25). The lowest BCUT2D eigenvalue weighted by atomic mass is 9.97. The number of carbonyl (C=O) groups is 1. The van der Waals surface area contributed by atoms with E-state index in [1.807, 2.05) is 0 Å². The highest BCUT2D eigenvalue weighted by Crippen LogP contribution is 2.40. The molecule has 1 aliphatic heterocycles. The van der Waals surface area contributed by atoms with Crippen molar-refractivity contribution in [1.29, 1.82) is 0 Å². The average molecular weight is 392 g/mol. The molecule has 154 valence electrons. The van der Waals surface area contributed by atoms with Crippen LogP contribution in [0.4, 0.5) is 13.2 Å². The number of rotatable bonds is 7. The fraction of sp³-hybridized carbons (Fsp3) is 0.765. The molecule has 2 N–H and O–H groups in total. The lowest BCUT2D eigenvalue weighted by Gasteiger charge is -2.34. The predicted octanol–water partition coefficient (Wildman–Crippen LogP) is 1.03. The summed E-state index contributed by atoms with van der Waals surface area (Å²) in [7, 11) is 1.33. The maximum Gasteiger partial charge on any atom is 0.425 e. The first kappa shape index (κ1) is 21.6. The summed E-state index contributed by atoms with van der Waals surface area (Å²) in [6, 6.07) is 0. The Labute approximate surface area is 156 Å². The molecule has 2 heterocycles. The van der Waals surface area contributed by atoms with Crippen LogP contribution in [0.15, 0.2) is 12.4 Å². The van der Waals surface area contributed by atoms with Gasteiger partial charge in [0.25, 0.3) is 0 Å². The van der Waals surface area contributed by atoms with E-state index in [9.17, 15) is 23.1 Å². The van der Waals surface area contributed by atoms with Gasteiger partial charge in [-0.1, -0.05) is 13.8 Å². The number of imidazole rings is 1. The Kier molecular flexibility index (Phi) is 6.87. The van der Waals surface area contributed by atoms with Crippen LogP contribution in [0.3, 0.4) is 0 Å². The fourth-order valence-corrected chi connectivity index (χ4v) is 3.18. The number of nitrogens with one attached hydrogen (secondary N) is 1. The molecule has 2 atom stereocenters. The van der Waals surface area contributed by atoms with Crippen molar-refractivity contribution in [2.75, 3.05) is 32.8 Å². The van der Waals surface area contributed by atoms with Crippen molar-refractivity contribution in [3.63, 3.8) is 0 Å². The zero-order valence-electron chi connectivity index (χ0n) is 15.8. The molecule has 0 saturated carbocycles. The van der Waals surface area contributed by atoms with E-state index < -0.39 is 29.9 Å². The smallest absolute Gasteiger partial charge is 0.374 e. The lowest BCUT2D eigenvalue weighted by molar-refractivity contribution is -0.271. The van der Waals surface area contributed by atoms with Gasteiger partial charge in [0.1, 0.15) is 0 Å². The van der Waals surface area contributed by atoms with E-state index in [-0.39, 0.29) is 12.6 Å². The minimum atomic E-state index is -5.04. The van der Waals surface area contributed by atoms with Gasteiger partial charge in [0, 0.05) is 45.6 Å². The molecule has 0 radical (unpaired) electrons. The number of aromatic nitrogens is 2. The maximum absolute atomic E-state index is 13.5. The summed E-state index contributed by atoms with van der Waals surface area (Å²) in [6.07, 6.45) is -4.08. The lowest BCUT2D eigenvalue weighted by Crippen LogP contribution is -2.51. The van der Waals surface area contributed by atoms with Crippen molar-refractivity contribution >= 4 is 5.91 Å². The molecular weight excluding hydrogens is 365 g/mol. The van der Waals surface area contributed by atoms with E-state index in [0.29, 0.717) is 19.1 Å². The van der Waals surface area contributed by atoms with Crippen molar-refractivity contribution in [3.05, 3.63) is 18.2 Å². The van der Waals surface area contributed by atoms with E-state index in [1.165, 1.54) is 13.2 Å². The molecule has 1 amide bonds. The molecule has 7 nitrogen and oxygen atoms in total. The molecule has 2 rings (SSSR count). The number of hydrogen-bond donors (Lipinski definition) is 2. The summed E-state index contributed by atoms with van der Waals surface area (Å²) in [5.74, 6) is -1.05. The first-order chi connectivity index (χ1) is 12.5. The van der Waals surface area contributed by atoms with Crippen LogP contribution in [0.5, 0.6) is 0 Å². The molecule has 27 heavy (non-hydrogen) atoms. The van der Waals surface area contributed by atoms with Crippen LogP contribution < -0.4 is 5.32 Å². The Balaban J connectivity index is 1.96. The zero-order chi connectivity index (χ0) is 20.2. The number of alkyl halides is 3. The van der Waals surface area contributed by atoms with Crippen LogP contribution in [-0.4, -0.2) is 70.5 Å². The van der Waals surface area contributed by atoms with Crippen molar-refractivity contribution in [1.82, 2.24) is 19.8 Å². The average Bonchev–Trinajstić information content (AvgIpc) is 2.98. The minimum absolute atomic E-state index is 0.0852. The monoisotopic (exact) mass is 392 g/mol. The first-order valence-corrected chi connectivity index (χ1v) is 8.90. The largest absolute Gasteiger partial charge is 0.425 e.